The Morgan fingerprint density at radius 3 is 2.27 bits per heavy atom. The van der Waals surface area contributed by atoms with Crippen LogP contribution in [0.25, 0.3) is 0 Å². The molecule has 8 nitrogen and oxygen atoms in total. The molecule has 1 aliphatic rings. The molecule has 0 aliphatic carbocycles. The topological polar surface area (TPSA) is 89.1 Å². The lowest BCUT2D eigenvalue weighted by atomic mass is 9.93. The van der Waals surface area contributed by atoms with Crippen LogP contribution < -0.4 is 16.0 Å². The van der Waals surface area contributed by atoms with Crippen LogP contribution in [0.3, 0.4) is 0 Å². The van der Waals surface area contributed by atoms with Gasteiger partial charge in [0, 0.05) is 45.8 Å². The van der Waals surface area contributed by atoms with Gasteiger partial charge in [-0.25, -0.2) is 0 Å². The third-order valence-electron chi connectivity index (χ3n) is 4.29. The summed E-state index contributed by atoms with van der Waals surface area (Å²) in [5.41, 5.74) is -0.549. The Bertz CT molecular complexity index is 496. The number of nitrogens with zero attached hydrogens (tertiary/aromatic N) is 3. The summed E-state index contributed by atoms with van der Waals surface area (Å²) in [6.45, 7) is 14.6. The highest BCUT2D eigenvalue weighted by molar-refractivity contribution is 5.83. The van der Waals surface area contributed by atoms with Crippen molar-refractivity contribution in [1.82, 2.24) is 25.8 Å². The zero-order valence-corrected chi connectivity index (χ0v) is 17.2. The zero-order chi connectivity index (χ0) is 19.7. The van der Waals surface area contributed by atoms with Crippen LogP contribution in [0.4, 0.5) is 0 Å². The number of carbonyl (C=O) groups is 2. The first-order valence-electron chi connectivity index (χ1n) is 9.46. The Hall–Kier alpha value is -1.83. The molecule has 26 heavy (non-hydrogen) atoms. The Morgan fingerprint density at radius 2 is 1.77 bits per heavy atom. The molecule has 1 aliphatic heterocycles. The smallest absolute Gasteiger partial charge is 0.234 e. The van der Waals surface area contributed by atoms with Crippen LogP contribution in [0.1, 0.15) is 34.6 Å². The third kappa shape index (κ3) is 7.19. The molecule has 0 aromatic carbocycles. The lowest BCUT2D eigenvalue weighted by molar-refractivity contribution is -0.128. The number of amides is 2. The van der Waals surface area contributed by atoms with Crippen molar-refractivity contribution in [2.24, 2.45) is 10.4 Å². The van der Waals surface area contributed by atoms with Gasteiger partial charge in [-0.05, 0) is 34.6 Å². The number of nitrogens with one attached hydrogen (secondary N) is 3. The summed E-state index contributed by atoms with van der Waals surface area (Å²) < 4.78 is 0. The van der Waals surface area contributed by atoms with Gasteiger partial charge in [0.05, 0.1) is 18.5 Å². The van der Waals surface area contributed by atoms with E-state index in [1.54, 1.807) is 7.05 Å². The molecule has 0 spiro atoms. The number of guanidine groups is 1. The summed E-state index contributed by atoms with van der Waals surface area (Å²) >= 11 is 0. The number of rotatable bonds is 7. The van der Waals surface area contributed by atoms with E-state index in [0.29, 0.717) is 13.1 Å². The van der Waals surface area contributed by atoms with Crippen molar-refractivity contribution >= 4 is 17.8 Å². The molecule has 1 heterocycles. The first kappa shape index (κ1) is 22.2. The van der Waals surface area contributed by atoms with Crippen molar-refractivity contribution in [3.63, 3.8) is 0 Å². The molecule has 0 atom stereocenters. The van der Waals surface area contributed by atoms with E-state index in [1.165, 1.54) is 0 Å². The summed E-state index contributed by atoms with van der Waals surface area (Å²) in [6, 6.07) is 0.167. The van der Waals surface area contributed by atoms with Gasteiger partial charge >= 0.3 is 0 Å². The highest BCUT2D eigenvalue weighted by atomic mass is 16.2. The maximum absolute atomic E-state index is 11.9. The van der Waals surface area contributed by atoms with E-state index in [2.05, 4.69) is 30.7 Å². The van der Waals surface area contributed by atoms with E-state index >= 15 is 0 Å². The van der Waals surface area contributed by atoms with Crippen LogP contribution in [0.2, 0.25) is 0 Å². The fourth-order valence-electron chi connectivity index (χ4n) is 2.80. The summed E-state index contributed by atoms with van der Waals surface area (Å²) in [5.74, 6) is 0.884. The summed E-state index contributed by atoms with van der Waals surface area (Å²) in [4.78, 5) is 32.9. The maximum atomic E-state index is 11.9. The minimum absolute atomic E-state index is 0.0157. The molecule has 3 N–H and O–H groups in total. The number of carbonyl (C=O) groups excluding carboxylic acids is 2. The molecule has 150 valence electrons. The Labute approximate surface area is 157 Å². The largest absolute Gasteiger partial charge is 0.359 e. The second-order valence-corrected chi connectivity index (χ2v) is 7.62. The van der Waals surface area contributed by atoms with Crippen molar-refractivity contribution in [2.45, 2.75) is 40.7 Å². The number of hydrogen-bond donors (Lipinski definition) is 3. The SMILES string of the molecule is CCNC(=NCC(C)(C)C(=O)NC)N1CCN(CC(=O)NC(C)C)CC1. The molecule has 0 aromatic heterocycles. The van der Waals surface area contributed by atoms with Crippen molar-refractivity contribution < 1.29 is 9.59 Å². The van der Waals surface area contributed by atoms with E-state index in [4.69, 9.17) is 0 Å². The van der Waals surface area contributed by atoms with Crippen molar-refractivity contribution in [1.29, 1.82) is 0 Å². The number of hydrogen-bond acceptors (Lipinski definition) is 4. The molecular formula is C18H36N6O2. The summed E-state index contributed by atoms with van der Waals surface area (Å²) in [7, 11) is 1.65. The van der Waals surface area contributed by atoms with E-state index in [-0.39, 0.29) is 17.9 Å². The van der Waals surface area contributed by atoms with Crippen LogP contribution in [0, 0.1) is 5.41 Å². The monoisotopic (exact) mass is 368 g/mol. The normalized spacial score (nSPS) is 16.6. The van der Waals surface area contributed by atoms with Gasteiger partial charge in [0.1, 0.15) is 0 Å². The standard InChI is InChI=1S/C18H36N6O2/c1-7-20-17(21-13-18(4,5)16(26)19-6)24-10-8-23(9-11-24)12-15(25)22-14(2)3/h14H,7-13H2,1-6H3,(H,19,26)(H,20,21)(H,22,25). The molecule has 0 unspecified atom stereocenters. The predicted octanol–water partition coefficient (Wildman–Crippen LogP) is -0.134. The van der Waals surface area contributed by atoms with Crippen LogP contribution >= 0.6 is 0 Å². The van der Waals surface area contributed by atoms with Crippen LogP contribution in [-0.2, 0) is 9.59 Å². The number of piperazine rings is 1. The second-order valence-electron chi connectivity index (χ2n) is 7.62. The molecule has 1 saturated heterocycles. The molecule has 8 heteroatoms. The Kier molecular flexibility index (Phi) is 8.84. The minimum Gasteiger partial charge on any atom is -0.359 e. The molecule has 1 rings (SSSR count). The average Bonchev–Trinajstić information content (AvgIpc) is 2.57. The summed E-state index contributed by atoms with van der Waals surface area (Å²) in [6.07, 6.45) is 0. The van der Waals surface area contributed by atoms with E-state index in [1.807, 2.05) is 34.6 Å². The second kappa shape index (κ2) is 10.4. The summed E-state index contributed by atoms with van der Waals surface area (Å²) in [5, 5.41) is 8.93. The highest BCUT2D eigenvalue weighted by Gasteiger charge is 2.27. The van der Waals surface area contributed by atoms with Gasteiger partial charge in [0.2, 0.25) is 11.8 Å². The van der Waals surface area contributed by atoms with Gasteiger partial charge in [-0.1, -0.05) is 0 Å². The van der Waals surface area contributed by atoms with Gasteiger partial charge in [-0.3, -0.25) is 19.5 Å². The van der Waals surface area contributed by atoms with Gasteiger partial charge in [0.25, 0.3) is 0 Å². The third-order valence-corrected chi connectivity index (χ3v) is 4.29. The molecule has 2 amide bonds. The van der Waals surface area contributed by atoms with Gasteiger partial charge in [-0.15, -0.1) is 0 Å². The van der Waals surface area contributed by atoms with Gasteiger partial charge in [-0.2, -0.15) is 0 Å². The van der Waals surface area contributed by atoms with Crippen LogP contribution in [0.15, 0.2) is 4.99 Å². The lowest BCUT2D eigenvalue weighted by Crippen LogP contribution is -2.54. The fraction of sp³-hybridized carbons (Fsp3) is 0.833. The molecule has 0 aromatic rings. The average molecular weight is 369 g/mol. The molecule has 0 saturated carbocycles. The zero-order valence-electron chi connectivity index (χ0n) is 17.2. The van der Waals surface area contributed by atoms with Crippen molar-refractivity contribution in [3.8, 4) is 0 Å². The van der Waals surface area contributed by atoms with Crippen LogP contribution in [0.5, 0.6) is 0 Å². The van der Waals surface area contributed by atoms with Crippen molar-refractivity contribution in [3.05, 3.63) is 0 Å². The minimum atomic E-state index is -0.549. The van der Waals surface area contributed by atoms with Crippen LogP contribution in [-0.4, -0.2) is 86.5 Å². The Balaban J connectivity index is 2.61. The molecule has 0 radical (unpaired) electrons. The molecule has 0 bridgehead atoms. The fourth-order valence-corrected chi connectivity index (χ4v) is 2.80. The Morgan fingerprint density at radius 1 is 1.15 bits per heavy atom. The highest BCUT2D eigenvalue weighted by Crippen LogP contribution is 2.15. The molecular weight excluding hydrogens is 332 g/mol. The lowest BCUT2D eigenvalue weighted by Gasteiger charge is -2.36. The number of aliphatic imine (C=N–C) groups is 1. The van der Waals surface area contributed by atoms with E-state index in [9.17, 15) is 9.59 Å². The first-order chi connectivity index (χ1) is 12.2. The maximum Gasteiger partial charge on any atom is 0.234 e. The quantitative estimate of drug-likeness (QED) is 0.430. The van der Waals surface area contributed by atoms with Gasteiger partial charge in [0.15, 0.2) is 5.96 Å². The first-order valence-corrected chi connectivity index (χ1v) is 9.46. The van der Waals surface area contributed by atoms with E-state index in [0.717, 1.165) is 38.7 Å². The van der Waals surface area contributed by atoms with Crippen molar-refractivity contribution in [2.75, 3.05) is 52.9 Å². The van der Waals surface area contributed by atoms with E-state index < -0.39 is 5.41 Å². The molecule has 1 fully saturated rings. The van der Waals surface area contributed by atoms with Gasteiger partial charge < -0.3 is 20.9 Å². The predicted molar refractivity (Wildman–Crippen MR) is 105 cm³/mol.